The van der Waals surface area contributed by atoms with Crippen molar-refractivity contribution in [3.05, 3.63) is 26.9 Å². The molecule has 0 aliphatic rings. The Morgan fingerprint density at radius 1 is 1.58 bits per heavy atom. The Balaban J connectivity index is 2.89. The number of rotatable bonds is 5. The van der Waals surface area contributed by atoms with Crippen molar-refractivity contribution >= 4 is 33.3 Å². The van der Waals surface area contributed by atoms with Gasteiger partial charge in [0.1, 0.15) is 0 Å². The molecule has 0 saturated carbocycles. The SMILES string of the molecule is CNC(=O)C(C)(C)CNc1ncc(Br)cc1[N+](=O)[O-]. The van der Waals surface area contributed by atoms with Crippen LogP contribution in [0, 0.1) is 15.5 Å². The van der Waals surface area contributed by atoms with Gasteiger partial charge in [-0.25, -0.2) is 4.98 Å². The Labute approximate surface area is 119 Å². The number of nitro groups is 1. The quantitative estimate of drug-likeness (QED) is 0.635. The molecule has 0 fully saturated rings. The number of hydrogen-bond acceptors (Lipinski definition) is 5. The van der Waals surface area contributed by atoms with Crippen molar-refractivity contribution in [1.82, 2.24) is 10.3 Å². The zero-order valence-corrected chi connectivity index (χ0v) is 12.4. The number of nitrogens with one attached hydrogen (secondary N) is 2. The maximum Gasteiger partial charge on any atom is 0.312 e. The van der Waals surface area contributed by atoms with Crippen LogP contribution in [-0.4, -0.2) is 29.4 Å². The summed E-state index contributed by atoms with van der Waals surface area (Å²) in [6.45, 7) is 3.72. The highest BCUT2D eigenvalue weighted by Gasteiger charge is 2.27. The first-order valence-corrected chi connectivity index (χ1v) is 6.33. The summed E-state index contributed by atoms with van der Waals surface area (Å²) in [5, 5.41) is 16.3. The van der Waals surface area contributed by atoms with Crippen molar-refractivity contribution in [1.29, 1.82) is 0 Å². The van der Waals surface area contributed by atoms with Gasteiger partial charge in [-0.15, -0.1) is 0 Å². The molecule has 19 heavy (non-hydrogen) atoms. The lowest BCUT2D eigenvalue weighted by molar-refractivity contribution is -0.384. The van der Waals surface area contributed by atoms with Crippen LogP contribution < -0.4 is 10.6 Å². The number of halogens is 1. The molecule has 104 valence electrons. The van der Waals surface area contributed by atoms with Gasteiger partial charge in [0.25, 0.3) is 0 Å². The van der Waals surface area contributed by atoms with E-state index >= 15 is 0 Å². The van der Waals surface area contributed by atoms with Gasteiger partial charge in [0.05, 0.1) is 10.3 Å². The summed E-state index contributed by atoms with van der Waals surface area (Å²) in [5.41, 5.74) is -0.834. The summed E-state index contributed by atoms with van der Waals surface area (Å²) in [7, 11) is 1.55. The summed E-state index contributed by atoms with van der Waals surface area (Å²) in [6, 6.07) is 1.36. The molecular weight excluding hydrogens is 316 g/mol. The smallest absolute Gasteiger partial charge is 0.312 e. The lowest BCUT2D eigenvalue weighted by Gasteiger charge is -2.22. The first-order valence-electron chi connectivity index (χ1n) is 5.54. The summed E-state index contributed by atoms with van der Waals surface area (Å²) in [6.07, 6.45) is 1.46. The van der Waals surface area contributed by atoms with E-state index in [1.165, 1.54) is 12.3 Å². The highest BCUT2D eigenvalue weighted by molar-refractivity contribution is 9.10. The molecule has 1 aromatic rings. The minimum Gasteiger partial charge on any atom is -0.363 e. The van der Waals surface area contributed by atoms with Crippen LogP contribution in [0.2, 0.25) is 0 Å². The van der Waals surface area contributed by atoms with Gasteiger partial charge in [-0.2, -0.15) is 0 Å². The van der Waals surface area contributed by atoms with Crippen molar-refractivity contribution in [2.24, 2.45) is 5.41 Å². The van der Waals surface area contributed by atoms with Gasteiger partial charge >= 0.3 is 5.69 Å². The van der Waals surface area contributed by atoms with E-state index in [0.29, 0.717) is 4.47 Å². The van der Waals surface area contributed by atoms with Crippen LogP contribution in [-0.2, 0) is 4.79 Å². The summed E-state index contributed by atoms with van der Waals surface area (Å²) >= 11 is 3.13. The maximum atomic E-state index is 11.6. The fourth-order valence-corrected chi connectivity index (χ4v) is 1.75. The molecule has 0 atom stereocenters. The molecule has 8 heteroatoms. The fourth-order valence-electron chi connectivity index (χ4n) is 1.43. The first-order chi connectivity index (χ1) is 8.77. The average Bonchev–Trinajstić information content (AvgIpc) is 2.36. The van der Waals surface area contributed by atoms with E-state index in [4.69, 9.17) is 0 Å². The standard InChI is InChI=1S/C11H15BrN4O3/c1-11(2,10(17)13-3)6-15-9-8(16(18)19)4-7(12)5-14-9/h4-5H,6H2,1-3H3,(H,13,17)(H,14,15). The Kier molecular flexibility index (Phi) is 4.82. The molecule has 0 radical (unpaired) electrons. The Hall–Kier alpha value is -1.70. The van der Waals surface area contributed by atoms with Gasteiger partial charge in [-0.1, -0.05) is 0 Å². The Morgan fingerprint density at radius 2 is 2.21 bits per heavy atom. The van der Waals surface area contributed by atoms with E-state index < -0.39 is 10.3 Å². The second kappa shape index (κ2) is 5.96. The van der Waals surface area contributed by atoms with E-state index in [2.05, 4.69) is 31.5 Å². The van der Waals surface area contributed by atoms with Crippen molar-refractivity contribution in [3.63, 3.8) is 0 Å². The number of amides is 1. The van der Waals surface area contributed by atoms with Crippen LogP contribution in [0.3, 0.4) is 0 Å². The maximum absolute atomic E-state index is 11.6. The van der Waals surface area contributed by atoms with Crippen LogP contribution in [0.1, 0.15) is 13.8 Å². The predicted octanol–water partition coefficient (Wildman–Crippen LogP) is 1.94. The molecule has 1 aromatic heterocycles. The molecular formula is C11H15BrN4O3. The molecule has 0 saturated heterocycles. The normalized spacial score (nSPS) is 10.9. The highest BCUT2D eigenvalue weighted by atomic mass is 79.9. The van der Waals surface area contributed by atoms with Crippen LogP contribution in [0.15, 0.2) is 16.7 Å². The molecule has 1 rings (SSSR count). The van der Waals surface area contributed by atoms with E-state index in [-0.39, 0.29) is 24.0 Å². The van der Waals surface area contributed by atoms with Gasteiger partial charge in [0.15, 0.2) is 0 Å². The highest BCUT2D eigenvalue weighted by Crippen LogP contribution is 2.26. The van der Waals surface area contributed by atoms with Gasteiger partial charge in [-0.3, -0.25) is 14.9 Å². The summed E-state index contributed by atoms with van der Waals surface area (Å²) in [4.78, 5) is 26.0. The third-order valence-electron chi connectivity index (χ3n) is 2.57. The lowest BCUT2D eigenvalue weighted by atomic mass is 9.92. The molecule has 0 unspecified atom stereocenters. The van der Waals surface area contributed by atoms with Crippen LogP contribution in [0.5, 0.6) is 0 Å². The number of pyridine rings is 1. The molecule has 2 N–H and O–H groups in total. The zero-order valence-electron chi connectivity index (χ0n) is 10.9. The number of anilines is 1. The largest absolute Gasteiger partial charge is 0.363 e. The second-order valence-electron chi connectivity index (χ2n) is 4.59. The third kappa shape index (κ3) is 3.88. The van der Waals surface area contributed by atoms with Crippen molar-refractivity contribution in [2.75, 3.05) is 18.9 Å². The number of nitrogens with zero attached hydrogens (tertiary/aromatic N) is 2. The summed E-state index contributed by atoms with van der Waals surface area (Å²) in [5.74, 6) is -0.00931. The zero-order chi connectivity index (χ0) is 14.6. The van der Waals surface area contributed by atoms with E-state index in [1.807, 2.05) is 0 Å². The average molecular weight is 331 g/mol. The van der Waals surface area contributed by atoms with Crippen molar-refractivity contribution < 1.29 is 9.72 Å². The number of carbonyl (C=O) groups is 1. The Bertz CT molecular complexity index is 505. The topological polar surface area (TPSA) is 97.2 Å². The van der Waals surface area contributed by atoms with Gasteiger partial charge in [-0.05, 0) is 29.8 Å². The molecule has 0 aromatic carbocycles. The molecule has 0 aliphatic heterocycles. The first kappa shape index (κ1) is 15.4. The van der Waals surface area contributed by atoms with Gasteiger partial charge in [0.2, 0.25) is 11.7 Å². The molecule has 0 bridgehead atoms. The van der Waals surface area contributed by atoms with Crippen molar-refractivity contribution in [3.8, 4) is 0 Å². The number of hydrogen-bond donors (Lipinski definition) is 2. The Morgan fingerprint density at radius 3 is 2.74 bits per heavy atom. The minimum atomic E-state index is -0.697. The molecule has 1 amide bonds. The fraction of sp³-hybridized carbons (Fsp3) is 0.455. The van der Waals surface area contributed by atoms with Gasteiger partial charge < -0.3 is 10.6 Å². The lowest BCUT2D eigenvalue weighted by Crippen LogP contribution is -2.39. The van der Waals surface area contributed by atoms with Crippen molar-refractivity contribution in [2.45, 2.75) is 13.8 Å². The van der Waals surface area contributed by atoms with Gasteiger partial charge in [0, 0.05) is 30.3 Å². The molecule has 0 spiro atoms. The molecule has 1 heterocycles. The van der Waals surface area contributed by atoms with E-state index in [0.717, 1.165) is 0 Å². The number of carbonyl (C=O) groups excluding carboxylic acids is 1. The summed E-state index contributed by atoms with van der Waals surface area (Å²) < 4.78 is 0.523. The van der Waals surface area contributed by atoms with Crippen LogP contribution in [0.4, 0.5) is 11.5 Å². The molecule has 0 aliphatic carbocycles. The third-order valence-corrected chi connectivity index (χ3v) is 3.00. The van der Waals surface area contributed by atoms with E-state index in [9.17, 15) is 14.9 Å². The van der Waals surface area contributed by atoms with Crippen LogP contribution >= 0.6 is 15.9 Å². The monoisotopic (exact) mass is 330 g/mol. The molecule has 7 nitrogen and oxygen atoms in total. The van der Waals surface area contributed by atoms with E-state index in [1.54, 1.807) is 20.9 Å². The van der Waals surface area contributed by atoms with Crippen LogP contribution in [0.25, 0.3) is 0 Å². The minimum absolute atomic E-state index is 0.137. The second-order valence-corrected chi connectivity index (χ2v) is 5.51. The predicted molar refractivity (Wildman–Crippen MR) is 74.9 cm³/mol. The number of aromatic nitrogens is 1.